The molecular formula is C24H30Cl2N2O3. The first-order valence-corrected chi connectivity index (χ1v) is 11.1. The largest absolute Gasteiger partial charge is 0.483 e. The van der Waals surface area contributed by atoms with Gasteiger partial charge in [0, 0.05) is 28.7 Å². The molecule has 0 aliphatic heterocycles. The Balaban J connectivity index is 2.26. The molecule has 0 aromatic heterocycles. The molecule has 1 N–H and O–H groups in total. The SMILES string of the molecule is CCCNC(=O)[C@@H](C)N(Cc1c(Cl)cccc1Cl)C(=O)COc1cc(C)cc(C)c1C. The molecule has 168 valence electrons. The number of benzene rings is 2. The van der Waals surface area contributed by atoms with E-state index in [1.165, 1.54) is 4.90 Å². The highest BCUT2D eigenvalue weighted by atomic mass is 35.5. The van der Waals surface area contributed by atoms with E-state index in [2.05, 4.69) is 11.4 Å². The van der Waals surface area contributed by atoms with Gasteiger partial charge in [-0.3, -0.25) is 9.59 Å². The van der Waals surface area contributed by atoms with Crippen molar-refractivity contribution in [3.8, 4) is 5.75 Å². The lowest BCUT2D eigenvalue weighted by atomic mass is 10.1. The highest BCUT2D eigenvalue weighted by Gasteiger charge is 2.27. The summed E-state index contributed by atoms with van der Waals surface area (Å²) in [5.74, 6) is 0.0966. The maximum atomic E-state index is 13.2. The van der Waals surface area contributed by atoms with Crippen LogP contribution in [0, 0.1) is 20.8 Å². The molecule has 2 aromatic carbocycles. The molecule has 0 aliphatic rings. The van der Waals surface area contributed by atoms with Crippen LogP contribution in [0.4, 0.5) is 0 Å². The number of carbonyl (C=O) groups excluding carboxylic acids is 2. The van der Waals surface area contributed by atoms with E-state index in [0.29, 0.717) is 27.9 Å². The van der Waals surface area contributed by atoms with Gasteiger partial charge >= 0.3 is 0 Å². The van der Waals surface area contributed by atoms with E-state index in [4.69, 9.17) is 27.9 Å². The third-order valence-electron chi connectivity index (χ3n) is 5.22. The van der Waals surface area contributed by atoms with Crippen LogP contribution in [0.25, 0.3) is 0 Å². The summed E-state index contributed by atoms with van der Waals surface area (Å²) in [5, 5.41) is 3.73. The minimum absolute atomic E-state index is 0.104. The van der Waals surface area contributed by atoms with Gasteiger partial charge in [0.25, 0.3) is 5.91 Å². The van der Waals surface area contributed by atoms with E-state index in [9.17, 15) is 9.59 Å². The fourth-order valence-electron chi connectivity index (χ4n) is 3.21. The molecule has 0 radical (unpaired) electrons. The van der Waals surface area contributed by atoms with Crippen LogP contribution in [-0.4, -0.2) is 35.9 Å². The van der Waals surface area contributed by atoms with Crippen LogP contribution in [0.1, 0.15) is 42.5 Å². The van der Waals surface area contributed by atoms with E-state index < -0.39 is 6.04 Å². The third-order valence-corrected chi connectivity index (χ3v) is 5.93. The van der Waals surface area contributed by atoms with Crippen LogP contribution in [0.2, 0.25) is 10.0 Å². The fraction of sp³-hybridized carbons (Fsp3) is 0.417. The Morgan fingerprint density at radius 3 is 2.39 bits per heavy atom. The summed E-state index contributed by atoms with van der Waals surface area (Å²) >= 11 is 12.6. The second-order valence-electron chi connectivity index (χ2n) is 7.68. The summed E-state index contributed by atoms with van der Waals surface area (Å²) in [4.78, 5) is 27.2. The summed E-state index contributed by atoms with van der Waals surface area (Å²) in [6.07, 6.45) is 0.803. The molecule has 5 nitrogen and oxygen atoms in total. The lowest BCUT2D eigenvalue weighted by Crippen LogP contribution is -2.49. The summed E-state index contributed by atoms with van der Waals surface area (Å²) in [5.41, 5.74) is 3.72. The van der Waals surface area contributed by atoms with E-state index in [1.54, 1.807) is 25.1 Å². The van der Waals surface area contributed by atoms with Gasteiger partial charge in [-0.05, 0) is 69.0 Å². The van der Waals surface area contributed by atoms with E-state index >= 15 is 0 Å². The normalized spacial score (nSPS) is 11.7. The predicted molar refractivity (Wildman–Crippen MR) is 126 cm³/mol. The van der Waals surface area contributed by atoms with Crippen molar-refractivity contribution in [1.82, 2.24) is 10.2 Å². The van der Waals surface area contributed by atoms with Gasteiger partial charge in [0.2, 0.25) is 5.91 Å². The zero-order valence-corrected chi connectivity index (χ0v) is 20.2. The van der Waals surface area contributed by atoms with Gasteiger partial charge in [-0.25, -0.2) is 0 Å². The number of halogens is 2. The lowest BCUT2D eigenvalue weighted by molar-refractivity contribution is -0.142. The average Bonchev–Trinajstić information content (AvgIpc) is 2.72. The molecule has 0 bridgehead atoms. The molecule has 0 aliphatic carbocycles. The highest BCUT2D eigenvalue weighted by molar-refractivity contribution is 6.36. The summed E-state index contributed by atoms with van der Waals surface area (Å²) < 4.78 is 5.86. The van der Waals surface area contributed by atoms with Crippen molar-refractivity contribution in [3.63, 3.8) is 0 Å². The lowest BCUT2D eigenvalue weighted by Gasteiger charge is -2.29. The van der Waals surface area contributed by atoms with Crippen molar-refractivity contribution in [2.75, 3.05) is 13.2 Å². The molecule has 1 atom stereocenters. The molecule has 0 unspecified atom stereocenters. The number of nitrogens with zero attached hydrogens (tertiary/aromatic N) is 1. The van der Waals surface area contributed by atoms with Crippen molar-refractivity contribution in [2.45, 2.75) is 53.6 Å². The Hall–Kier alpha value is -2.24. The zero-order valence-electron chi connectivity index (χ0n) is 18.7. The van der Waals surface area contributed by atoms with E-state index in [0.717, 1.165) is 23.1 Å². The Morgan fingerprint density at radius 2 is 1.77 bits per heavy atom. The average molecular weight is 465 g/mol. The van der Waals surface area contributed by atoms with Gasteiger partial charge in [0.05, 0.1) is 0 Å². The molecule has 2 aromatic rings. The van der Waals surface area contributed by atoms with Gasteiger partial charge in [-0.1, -0.05) is 42.3 Å². The smallest absolute Gasteiger partial charge is 0.261 e. The third kappa shape index (κ3) is 6.62. The Bertz CT molecular complexity index is 926. The first kappa shape index (κ1) is 25.0. The van der Waals surface area contributed by atoms with Crippen LogP contribution in [-0.2, 0) is 16.1 Å². The maximum absolute atomic E-state index is 13.2. The second-order valence-corrected chi connectivity index (χ2v) is 8.50. The van der Waals surface area contributed by atoms with Crippen LogP contribution < -0.4 is 10.1 Å². The standard InChI is InChI=1S/C24H30Cl2N2O3/c1-6-10-27-24(30)18(5)28(13-19-20(25)8-7-9-21(19)26)23(29)14-31-22-12-15(2)11-16(3)17(22)4/h7-9,11-12,18H,6,10,13-14H2,1-5H3,(H,27,30)/t18-/m1/s1. The molecule has 0 heterocycles. The molecular weight excluding hydrogens is 435 g/mol. The molecule has 0 fully saturated rings. The molecule has 0 spiro atoms. The highest BCUT2D eigenvalue weighted by Crippen LogP contribution is 2.27. The number of carbonyl (C=O) groups is 2. The van der Waals surface area contributed by atoms with Gasteiger partial charge in [0.15, 0.2) is 6.61 Å². The van der Waals surface area contributed by atoms with Gasteiger partial charge in [0.1, 0.15) is 11.8 Å². The van der Waals surface area contributed by atoms with Crippen LogP contribution in [0.3, 0.4) is 0 Å². The van der Waals surface area contributed by atoms with Gasteiger partial charge in [-0.2, -0.15) is 0 Å². The van der Waals surface area contributed by atoms with Gasteiger partial charge in [-0.15, -0.1) is 0 Å². The first-order valence-electron chi connectivity index (χ1n) is 10.4. The Kier molecular flexibility index (Phi) is 9.20. The fourth-order valence-corrected chi connectivity index (χ4v) is 3.72. The molecule has 0 saturated heterocycles. The van der Waals surface area contributed by atoms with E-state index in [-0.39, 0.29) is 25.0 Å². The number of rotatable bonds is 9. The van der Waals surface area contributed by atoms with Crippen molar-refractivity contribution < 1.29 is 14.3 Å². The van der Waals surface area contributed by atoms with Crippen LogP contribution >= 0.6 is 23.2 Å². The molecule has 7 heteroatoms. The summed E-state index contributed by atoms with van der Waals surface area (Å²) in [6, 6.07) is 8.42. The number of ether oxygens (including phenoxy) is 1. The first-order chi connectivity index (χ1) is 14.6. The number of amides is 2. The number of hydrogen-bond donors (Lipinski definition) is 1. The van der Waals surface area contributed by atoms with Crippen molar-refractivity contribution in [2.24, 2.45) is 0 Å². The number of hydrogen-bond acceptors (Lipinski definition) is 3. The number of aryl methyl sites for hydroxylation is 2. The molecule has 0 saturated carbocycles. The molecule has 2 amide bonds. The monoisotopic (exact) mass is 464 g/mol. The predicted octanol–water partition coefficient (Wildman–Crippen LogP) is 5.24. The van der Waals surface area contributed by atoms with Crippen molar-refractivity contribution in [1.29, 1.82) is 0 Å². The van der Waals surface area contributed by atoms with E-state index in [1.807, 2.05) is 33.8 Å². The quantitative estimate of drug-likeness (QED) is 0.551. The Morgan fingerprint density at radius 1 is 1.13 bits per heavy atom. The number of nitrogens with one attached hydrogen (secondary N) is 1. The second kappa shape index (κ2) is 11.4. The van der Waals surface area contributed by atoms with Crippen LogP contribution in [0.5, 0.6) is 5.75 Å². The summed E-state index contributed by atoms with van der Waals surface area (Å²) in [6.45, 7) is 10.0. The summed E-state index contributed by atoms with van der Waals surface area (Å²) in [7, 11) is 0. The minimum Gasteiger partial charge on any atom is -0.483 e. The molecule has 31 heavy (non-hydrogen) atoms. The maximum Gasteiger partial charge on any atom is 0.261 e. The molecule has 2 rings (SSSR count). The van der Waals surface area contributed by atoms with Gasteiger partial charge < -0.3 is 15.0 Å². The Labute approximate surface area is 194 Å². The van der Waals surface area contributed by atoms with Crippen molar-refractivity contribution >= 4 is 35.0 Å². The van der Waals surface area contributed by atoms with Crippen LogP contribution in [0.15, 0.2) is 30.3 Å². The van der Waals surface area contributed by atoms with Crippen molar-refractivity contribution in [3.05, 3.63) is 62.6 Å². The zero-order chi connectivity index (χ0) is 23.1. The topological polar surface area (TPSA) is 58.6 Å². The minimum atomic E-state index is -0.713.